The molecule has 1 saturated heterocycles. The van der Waals surface area contributed by atoms with Gasteiger partial charge in [0.05, 0.1) is 14.2 Å². The van der Waals surface area contributed by atoms with E-state index in [4.69, 9.17) is 14.2 Å². The van der Waals surface area contributed by atoms with Gasteiger partial charge in [-0.1, -0.05) is 42.5 Å². The van der Waals surface area contributed by atoms with Crippen LogP contribution in [0.5, 0.6) is 17.2 Å². The maximum Gasteiger partial charge on any atom is 0.251 e. The number of ether oxygens (including phenoxy) is 3. The first-order chi connectivity index (χ1) is 18.5. The highest BCUT2D eigenvalue weighted by Crippen LogP contribution is 2.46. The van der Waals surface area contributed by atoms with E-state index in [-0.39, 0.29) is 17.9 Å². The third-order valence-corrected chi connectivity index (χ3v) is 7.69. The number of aryl methyl sites for hydroxylation is 1. The average molecular weight is 515 g/mol. The smallest absolute Gasteiger partial charge is 0.251 e. The first-order valence-electron chi connectivity index (χ1n) is 13.0. The number of carbonyl (C=O) groups excluding carboxylic acids is 2. The summed E-state index contributed by atoms with van der Waals surface area (Å²) >= 11 is 0. The predicted molar refractivity (Wildman–Crippen MR) is 145 cm³/mol. The summed E-state index contributed by atoms with van der Waals surface area (Å²) in [5, 5.41) is 3.16. The van der Waals surface area contributed by atoms with E-state index >= 15 is 0 Å². The fraction of sp³-hybridized carbons (Fsp3) is 0.355. The van der Waals surface area contributed by atoms with Crippen molar-refractivity contribution in [2.45, 2.75) is 32.4 Å². The second kappa shape index (κ2) is 11.2. The molecule has 0 radical (unpaired) electrons. The lowest BCUT2D eigenvalue weighted by molar-refractivity contribution is -0.130. The Labute approximate surface area is 223 Å². The van der Waals surface area contributed by atoms with Crippen LogP contribution in [0, 0.1) is 18.8 Å². The number of hydrogen-bond donors (Lipinski definition) is 1. The van der Waals surface area contributed by atoms with Crippen LogP contribution in [0.1, 0.15) is 33.5 Å². The highest BCUT2D eigenvalue weighted by atomic mass is 16.5. The first-order valence-corrected chi connectivity index (χ1v) is 13.0. The molecule has 198 valence electrons. The molecule has 1 heterocycles. The molecule has 2 amide bonds. The van der Waals surface area contributed by atoms with Crippen LogP contribution in [0.15, 0.2) is 66.7 Å². The Morgan fingerprint density at radius 3 is 2.32 bits per heavy atom. The minimum atomic E-state index is -0.0798. The number of benzene rings is 3. The molecule has 0 aromatic heterocycles. The Morgan fingerprint density at radius 2 is 1.61 bits per heavy atom. The maximum atomic E-state index is 12.9. The summed E-state index contributed by atoms with van der Waals surface area (Å²) in [5.41, 5.74) is 3.59. The van der Waals surface area contributed by atoms with Crippen LogP contribution in [0.3, 0.4) is 0 Å². The van der Waals surface area contributed by atoms with E-state index in [2.05, 4.69) is 5.32 Å². The van der Waals surface area contributed by atoms with Crippen LogP contribution < -0.4 is 19.5 Å². The average Bonchev–Trinajstić information content (AvgIpc) is 3.36. The molecule has 0 spiro atoms. The van der Waals surface area contributed by atoms with Gasteiger partial charge in [0.25, 0.3) is 5.91 Å². The number of likely N-dealkylation sites (tertiary alicyclic amines) is 1. The fourth-order valence-electron chi connectivity index (χ4n) is 5.39. The van der Waals surface area contributed by atoms with Gasteiger partial charge in [0.15, 0.2) is 11.5 Å². The second-order valence-electron chi connectivity index (χ2n) is 10.0. The Bertz CT molecular complexity index is 1300. The topological polar surface area (TPSA) is 77.1 Å². The molecule has 2 aliphatic rings. The SMILES string of the molecule is COc1cc(CCC(=O)N2C[C@@H]3C(NC(=O)c4cccc(OC)c4C)[C@@H]3C2)ccc1OCc1ccccc1. The number of hydrogen-bond acceptors (Lipinski definition) is 5. The molecule has 2 fully saturated rings. The largest absolute Gasteiger partial charge is 0.496 e. The Hall–Kier alpha value is -4.00. The van der Waals surface area contributed by atoms with Gasteiger partial charge in [-0.05, 0) is 48.7 Å². The van der Waals surface area contributed by atoms with Crippen LogP contribution in [0.4, 0.5) is 0 Å². The number of methoxy groups -OCH3 is 2. The van der Waals surface area contributed by atoms with Crippen molar-refractivity contribution in [3.05, 3.63) is 89.0 Å². The zero-order chi connectivity index (χ0) is 26.6. The number of carbonyl (C=O) groups is 2. The predicted octanol–water partition coefficient (Wildman–Crippen LogP) is 4.41. The zero-order valence-electron chi connectivity index (χ0n) is 22.1. The van der Waals surface area contributed by atoms with Crippen molar-refractivity contribution >= 4 is 11.8 Å². The molecule has 1 N–H and O–H groups in total. The van der Waals surface area contributed by atoms with E-state index in [0.717, 1.165) is 16.7 Å². The number of amides is 2. The normalized spacial score (nSPS) is 19.4. The van der Waals surface area contributed by atoms with E-state index in [0.29, 0.717) is 67.2 Å². The molecular formula is C31H34N2O5. The summed E-state index contributed by atoms with van der Waals surface area (Å²) < 4.78 is 16.8. The monoisotopic (exact) mass is 514 g/mol. The van der Waals surface area contributed by atoms with Gasteiger partial charge < -0.3 is 24.4 Å². The molecular weight excluding hydrogens is 480 g/mol. The van der Waals surface area contributed by atoms with Crippen molar-refractivity contribution in [3.8, 4) is 17.2 Å². The molecule has 38 heavy (non-hydrogen) atoms. The highest BCUT2D eigenvalue weighted by Gasteiger charge is 2.57. The Morgan fingerprint density at radius 1 is 0.868 bits per heavy atom. The molecule has 5 rings (SSSR count). The van der Waals surface area contributed by atoms with Crippen LogP contribution in [0.2, 0.25) is 0 Å². The highest BCUT2D eigenvalue weighted by molar-refractivity contribution is 5.96. The summed E-state index contributed by atoms with van der Waals surface area (Å²) in [6.45, 7) is 3.75. The molecule has 3 atom stereocenters. The first kappa shape index (κ1) is 25.6. The van der Waals surface area contributed by atoms with Crippen LogP contribution >= 0.6 is 0 Å². The molecule has 3 aromatic rings. The third-order valence-electron chi connectivity index (χ3n) is 7.69. The molecule has 1 saturated carbocycles. The van der Waals surface area contributed by atoms with E-state index in [1.54, 1.807) is 14.2 Å². The van der Waals surface area contributed by atoms with Gasteiger partial charge in [0.1, 0.15) is 12.4 Å². The number of nitrogens with one attached hydrogen (secondary N) is 1. The zero-order valence-corrected chi connectivity index (χ0v) is 22.1. The van der Waals surface area contributed by atoms with Crippen LogP contribution in [0.25, 0.3) is 0 Å². The molecule has 7 heteroatoms. The summed E-state index contributed by atoms with van der Waals surface area (Å²) in [6.07, 6.45) is 1.07. The summed E-state index contributed by atoms with van der Waals surface area (Å²) in [4.78, 5) is 27.6. The van der Waals surface area contributed by atoms with Gasteiger partial charge in [0, 0.05) is 48.5 Å². The Balaban J connectivity index is 1.09. The van der Waals surface area contributed by atoms with Gasteiger partial charge in [0.2, 0.25) is 5.91 Å². The maximum absolute atomic E-state index is 12.9. The number of nitrogens with zero attached hydrogens (tertiary/aromatic N) is 1. The quantitative estimate of drug-likeness (QED) is 0.434. The van der Waals surface area contributed by atoms with Crippen molar-refractivity contribution in [3.63, 3.8) is 0 Å². The number of piperidine rings is 1. The van der Waals surface area contributed by atoms with E-state index in [1.165, 1.54) is 0 Å². The van der Waals surface area contributed by atoms with E-state index in [9.17, 15) is 9.59 Å². The number of rotatable bonds is 10. The molecule has 3 aromatic carbocycles. The van der Waals surface area contributed by atoms with Crippen molar-refractivity contribution in [1.82, 2.24) is 10.2 Å². The van der Waals surface area contributed by atoms with Crippen molar-refractivity contribution in [2.75, 3.05) is 27.3 Å². The summed E-state index contributed by atoms with van der Waals surface area (Å²) in [6, 6.07) is 21.5. The van der Waals surface area contributed by atoms with Gasteiger partial charge in [-0.2, -0.15) is 0 Å². The van der Waals surface area contributed by atoms with Crippen LogP contribution in [-0.2, 0) is 17.8 Å². The minimum absolute atomic E-state index is 0.0798. The molecule has 7 nitrogen and oxygen atoms in total. The van der Waals surface area contributed by atoms with Gasteiger partial charge in [-0.15, -0.1) is 0 Å². The van der Waals surface area contributed by atoms with Gasteiger partial charge >= 0.3 is 0 Å². The molecule has 1 unspecified atom stereocenters. The van der Waals surface area contributed by atoms with Gasteiger partial charge in [-0.3, -0.25) is 9.59 Å². The van der Waals surface area contributed by atoms with Crippen molar-refractivity contribution < 1.29 is 23.8 Å². The molecule has 1 aliphatic carbocycles. The lowest BCUT2D eigenvalue weighted by atomic mass is 10.1. The van der Waals surface area contributed by atoms with E-state index < -0.39 is 0 Å². The Kier molecular flexibility index (Phi) is 7.54. The number of fused-ring (bicyclic) bond motifs is 1. The minimum Gasteiger partial charge on any atom is -0.496 e. The van der Waals surface area contributed by atoms with Gasteiger partial charge in [-0.25, -0.2) is 0 Å². The molecule has 1 aliphatic heterocycles. The summed E-state index contributed by atoms with van der Waals surface area (Å²) in [7, 11) is 3.23. The lowest BCUT2D eigenvalue weighted by Gasteiger charge is -2.21. The fourth-order valence-corrected chi connectivity index (χ4v) is 5.39. The van der Waals surface area contributed by atoms with E-state index in [1.807, 2.05) is 78.6 Å². The van der Waals surface area contributed by atoms with Crippen LogP contribution in [-0.4, -0.2) is 50.1 Å². The van der Waals surface area contributed by atoms with Crippen molar-refractivity contribution in [1.29, 1.82) is 0 Å². The summed E-state index contributed by atoms with van der Waals surface area (Å²) in [5.74, 6) is 2.78. The lowest BCUT2D eigenvalue weighted by Crippen LogP contribution is -2.37. The van der Waals surface area contributed by atoms with Crippen molar-refractivity contribution in [2.24, 2.45) is 11.8 Å². The standard InChI is InChI=1S/C31H34N2O5/c1-20-23(10-7-11-26(20)36-2)31(35)32-30-24-17-33(18-25(24)30)29(34)15-13-21-12-14-27(28(16-21)37-3)38-19-22-8-5-4-6-9-22/h4-12,14,16,24-25,30H,13,15,17-19H2,1-3H3,(H,32,35)/t24-,25+,30?. The second-order valence-corrected chi connectivity index (χ2v) is 10.0. The third kappa shape index (κ3) is 5.47. The molecule has 0 bridgehead atoms.